The Morgan fingerprint density at radius 1 is 1.14 bits per heavy atom. The van der Waals surface area contributed by atoms with Crippen molar-refractivity contribution in [1.82, 2.24) is 4.98 Å². The van der Waals surface area contributed by atoms with E-state index in [0.717, 1.165) is 28.5 Å². The number of rotatable bonds is 3. The predicted molar refractivity (Wildman–Crippen MR) is 87.9 cm³/mol. The summed E-state index contributed by atoms with van der Waals surface area (Å²) in [7, 11) is 0. The molecule has 0 bridgehead atoms. The third-order valence-corrected chi connectivity index (χ3v) is 3.78. The fourth-order valence-corrected chi connectivity index (χ4v) is 2.74. The Hall–Kier alpha value is -2.88. The molecule has 4 heteroatoms. The number of carboxylic acids is 1. The summed E-state index contributed by atoms with van der Waals surface area (Å²) in [5, 5.41) is 10.3. The number of nitrogen functional groups attached to an aromatic ring is 1. The van der Waals surface area contributed by atoms with Crippen LogP contribution in [0.25, 0.3) is 22.2 Å². The molecule has 0 saturated heterocycles. The van der Waals surface area contributed by atoms with Gasteiger partial charge in [0.25, 0.3) is 0 Å². The van der Waals surface area contributed by atoms with Gasteiger partial charge in [-0.3, -0.25) is 0 Å². The first-order valence-electron chi connectivity index (χ1n) is 7.13. The number of carbonyl (C=O) groups is 1. The van der Waals surface area contributed by atoms with Crippen molar-refractivity contribution >= 4 is 22.6 Å². The third-order valence-electron chi connectivity index (χ3n) is 3.78. The summed E-state index contributed by atoms with van der Waals surface area (Å²) in [6.45, 7) is 2.01. The second-order valence-corrected chi connectivity index (χ2v) is 5.09. The number of hydrogen-bond acceptors (Lipinski definition) is 3. The molecule has 0 spiro atoms. The lowest BCUT2D eigenvalue weighted by molar-refractivity contribution is 0.0698. The maximum absolute atomic E-state index is 11.7. The number of nitrogens with zero attached hydrogens (tertiary/aromatic N) is 1. The van der Waals surface area contributed by atoms with Crippen LogP contribution in [0.2, 0.25) is 0 Å². The van der Waals surface area contributed by atoms with E-state index in [1.807, 2.05) is 55.5 Å². The van der Waals surface area contributed by atoms with Crippen LogP contribution in [0.3, 0.4) is 0 Å². The smallest absolute Gasteiger partial charge is 0.340 e. The summed E-state index contributed by atoms with van der Waals surface area (Å²) in [6, 6.07) is 15.0. The van der Waals surface area contributed by atoms with Crippen LogP contribution in [0, 0.1) is 0 Å². The Balaban J connectivity index is 2.43. The van der Waals surface area contributed by atoms with Gasteiger partial charge >= 0.3 is 5.97 Å². The summed E-state index contributed by atoms with van der Waals surface area (Å²) < 4.78 is 0. The number of aryl methyl sites for hydroxylation is 1. The SMILES string of the molecule is CCc1cccc2nc(-c3ccccc3)c(C(=O)O)c(N)c12. The van der Waals surface area contributed by atoms with Crippen molar-refractivity contribution in [3.8, 4) is 11.3 Å². The van der Waals surface area contributed by atoms with Gasteiger partial charge in [0.2, 0.25) is 0 Å². The van der Waals surface area contributed by atoms with Gasteiger partial charge < -0.3 is 10.8 Å². The van der Waals surface area contributed by atoms with Gasteiger partial charge in [-0.25, -0.2) is 9.78 Å². The molecular formula is C18H16N2O2. The van der Waals surface area contributed by atoms with Crippen LogP contribution in [-0.2, 0) is 6.42 Å². The summed E-state index contributed by atoms with van der Waals surface area (Å²) >= 11 is 0. The van der Waals surface area contributed by atoms with Crippen molar-refractivity contribution in [2.75, 3.05) is 5.73 Å². The van der Waals surface area contributed by atoms with Crippen LogP contribution >= 0.6 is 0 Å². The molecule has 22 heavy (non-hydrogen) atoms. The second-order valence-electron chi connectivity index (χ2n) is 5.09. The highest BCUT2D eigenvalue weighted by Crippen LogP contribution is 2.33. The van der Waals surface area contributed by atoms with Crippen molar-refractivity contribution in [3.63, 3.8) is 0 Å². The summed E-state index contributed by atoms with van der Waals surface area (Å²) in [5.74, 6) is -1.06. The minimum Gasteiger partial charge on any atom is -0.478 e. The highest BCUT2D eigenvalue weighted by atomic mass is 16.4. The molecule has 0 saturated carbocycles. The first kappa shape index (κ1) is 14.1. The molecule has 3 N–H and O–H groups in total. The van der Waals surface area contributed by atoms with Crippen molar-refractivity contribution in [3.05, 3.63) is 59.7 Å². The number of benzene rings is 2. The molecule has 0 atom stereocenters. The molecule has 0 amide bonds. The predicted octanol–water partition coefficient (Wildman–Crippen LogP) is 3.74. The number of fused-ring (bicyclic) bond motifs is 1. The monoisotopic (exact) mass is 292 g/mol. The zero-order valence-electron chi connectivity index (χ0n) is 12.2. The number of pyridine rings is 1. The number of hydrogen-bond donors (Lipinski definition) is 2. The molecule has 3 rings (SSSR count). The quantitative estimate of drug-likeness (QED) is 0.771. The Morgan fingerprint density at radius 2 is 1.86 bits per heavy atom. The van der Waals surface area contributed by atoms with E-state index in [0.29, 0.717) is 5.69 Å². The Kier molecular flexibility index (Phi) is 3.51. The normalized spacial score (nSPS) is 10.8. The highest BCUT2D eigenvalue weighted by molar-refractivity contribution is 6.09. The van der Waals surface area contributed by atoms with Crippen LogP contribution in [0.4, 0.5) is 5.69 Å². The molecule has 1 heterocycles. The topological polar surface area (TPSA) is 76.2 Å². The van der Waals surface area contributed by atoms with E-state index in [2.05, 4.69) is 4.98 Å². The Morgan fingerprint density at radius 3 is 2.50 bits per heavy atom. The average molecular weight is 292 g/mol. The van der Waals surface area contributed by atoms with E-state index in [1.165, 1.54) is 0 Å². The molecule has 3 aromatic rings. The first-order chi connectivity index (χ1) is 10.6. The zero-order chi connectivity index (χ0) is 15.7. The van der Waals surface area contributed by atoms with E-state index in [-0.39, 0.29) is 11.3 Å². The van der Waals surface area contributed by atoms with Crippen LogP contribution in [0.1, 0.15) is 22.8 Å². The number of anilines is 1. The summed E-state index contributed by atoms with van der Waals surface area (Å²) in [5.41, 5.74) is 9.45. The largest absolute Gasteiger partial charge is 0.478 e. The van der Waals surface area contributed by atoms with Crippen LogP contribution in [0.15, 0.2) is 48.5 Å². The van der Waals surface area contributed by atoms with Gasteiger partial charge in [-0.2, -0.15) is 0 Å². The van der Waals surface area contributed by atoms with Crippen molar-refractivity contribution < 1.29 is 9.90 Å². The minimum atomic E-state index is -1.06. The molecule has 0 unspecified atom stereocenters. The number of aromatic nitrogens is 1. The van der Waals surface area contributed by atoms with Gasteiger partial charge in [0, 0.05) is 10.9 Å². The van der Waals surface area contributed by atoms with Gasteiger partial charge in [-0.1, -0.05) is 49.4 Å². The van der Waals surface area contributed by atoms with Gasteiger partial charge in [0.1, 0.15) is 5.56 Å². The zero-order valence-corrected chi connectivity index (χ0v) is 12.2. The number of carboxylic acid groups (broad SMARTS) is 1. The number of aromatic carboxylic acids is 1. The number of nitrogens with two attached hydrogens (primary N) is 1. The first-order valence-corrected chi connectivity index (χ1v) is 7.13. The molecule has 0 aliphatic rings. The van der Waals surface area contributed by atoms with Gasteiger partial charge in [-0.15, -0.1) is 0 Å². The lowest BCUT2D eigenvalue weighted by Gasteiger charge is -2.14. The third kappa shape index (κ3) is 2.19. The lowest BCUT2D eigenvalue weighted by Crippen LogP contribution is -2.08. The maximum atomic E-state index is 11.7. The fraction of sp³-hybridized carbons (Fsp3) is 0.111. The van der Waals surface area contributed by atoms with Gasteiger partial charge in [0.05, 0.1) is 16.9 Å². The lowest BCUT2D eigenvalue weighted by atomic mass is 9.97. The Labute approximate surface area is 128 Å². The van der Waals surface area contributed by atoms with Crippen LogP contribution in [0.5, 0.6) is 0 Å². The molecule has 0 aliphatic carbocycles. The molecule has 2 aromatic carbocycles. The molecule has 4 nitrogen and oxygen atoms in total. The highest BCUT2D eigenvalue weighted by Gasteiger charge is 2.21. The summed E-state index contributed by atoms with van der Waals surface area (Å²) in [4.78, 5) is 16.3. The van der Waals surface area contributed by atoms with E-state index < -0.39 is 5.97 Å². The standard InChI is InChI=1S/C18H16N2O2/c1-2-11-9-6-10-13-14(11)16(19)15(18(21)22)17(20-13)12-7-4-3-5-8-12/h3-10H,2H2,1H3,(H2,19,20)(H,21,22). The molecular weight excluding hydrogens is 276 g/mol. The molecule has 0 fully saturated rings. The fourth-order valence-electron chi connectivity index (χ4n) is 2.74. The Bertz CT molecular complexity index is 858. The van der Waals surface area contributed by atoms with Crippen molar-refractivity contribution in [1.29, 1.82) is 0 Å². The van der Waals surface area contributed by atoms with Crippen molar-refractivity contribution in [2.24, 2.45) is 0 Å². The van der Waals surface area contributed by atoms with E-state index in [9.17, 15) is 9.90 Å². The second kappa shape index (κ2) is 5.48. The molecule has 110 valence electrons. The van der Waals surface area contributed by atoms with Gasteiger partial charge in [-0.05, 0) is 18.1 Å². The van der Waals surface area contributed by atoms with E-state index >= 15 is 0 Å². The van der Waals surface area contributed by atoms with Crippen LogP contribution < -0.4 is 5.73 Å². The van der Waals surface area contributed by atoms with Gasteiger partial charge in [0.15, 0.2) is 0 Å². The molecule has 1 aromatic heterocycles. The average Bonchev–Trinajstić information content (AvgIpc) is 2.54. The van der Waals surface area contributed by atoms with Crippen LogP contribution in [-0.4, -0.2) is 16.1 Å². The molecule has 0 aliphatic heterocycles. The minimum absolute atomic E-state index is 0.0691. The van der Waals surface area contributed by atoms with E-state index in [4.69, 9.17) is 5.73 Å². The van der Waals surface area contributed by atoms with E-state index in [1.54, 1.807) is 0 Å². The van der Waals surface area contributed by atoms with Crippen molar-refractivity contribution in [2.45, 2.75) is 13.3 Å². The molecule has 0 radical (unpaired) electrons. The maximum Gasteiger partial charge on any atom is 0.340 e. The summed E-state index contributed by atoms with van der Waals surface area (Å²) in [6.07, 6.45) is 0.771.